The van der Waals surface area contributed by atoms with E-state index in [0.717, 1.165) is 0 Å². The summed E-state index contributed by atoms with van der Waals surface area (Å²) in [6, 6.07) is 3.69. The van der Waals surface area contributed by atoms with Crippen molar-refractivity contribution in [2.24, 2.45) is 0 Å². The largest absolute Gasteiger partial charge is 0.353 e. The number of nitrogens with zero attached hydrogens (tertiary/aromatic N) is 2. The van der Waals surface area contributed by atoms with E-state index in [-0.39, 0.29) is 17.5 Å². The lowest BCUT2D eigenvalue weighted by Gasteiger charge is -2.32. The number of nitrogens with one attached hydrogen (secondary N) is 1. The number of carbonyl (C=O) groups excluding carboxylic acids is 2. The van der Waals surface area contributed by atoms with Crippen LogP contribution in [-0.4, -0.2) is 40.8 Å². The number of piperazine rings is 1. The number of hydrogen-bond acceptors (Lipinski definition) is 4. The highest BCUT2D eigenvalue weighted by molar-refractivity contribution is 5.98. The Morgan fingerprint density at radius 2 is 2.20 bits per heavy atom. The Labute approximate surface area is 115 Å². The highest BCUT2D eigenvalue weighted by atomic mass is 16.6. The Morgan fingerprint density at radius 1 is 1.50 bits per heavy atom. The fraction of sp³-hybridized carbons (Fsp3) is 0.385. The molecule has 1 unspecified atom stereocenters. The van der Waals surface area contributed by atoms with Gasteiger partial charge in [-0.1, -0.05) is 0 Å². The van der Waals surface area contributed by atoms with Crippen LogP contribution in [0.1, 0.15) is 22.8 Å². The minimum Gasteiger partial charge on any atom is -0.353 e. The van der Waals surface area contributed by atoms with Crippen LogP contribution in [0.25, 0.3) is 0 Å². The van der Waals surface area contributed by atoms with Crippen molar-refractivity contribution >= 4 is 17.5 Å². The average molecular weight is 277 g/mol. The molecular weight excluding hydrogens is 262 g/mol. The summed E-state index contributed by atoms with van der Waals surface area (Å²) in [5, 5.41) is 13.4. The summed E-state index contributed by atoms with van der Waals surface area (Å²) >= 11 is 0. The summed E-state index contributed by atoms with van der Waals surface area (Å²) in [5.41, 5.74) is 0.760. The SMILES string of the molecule is Cc1cc(C(=O)N2CCNC(=O)C2C)ccc1[N+](=O)[O-]. The summed E-state index contributed by atoms with van der Waals surface area (Å²) in [6.45, 7) is 4.09. The second-order valence-corrected chi connectivity index (χ2v) is 4.72. The average Bonchev–Trinajstić information content (AvgIpc) is 2.40. The van der Waals surface area contributed by atoms with Gasteiger partial charge < -0.3 is 10.2 Å². The van der Waals surface area contributed by atoms with Crippen LogP contribution >= 0.6 is 0 Å². The quantitative estimate of drug-likeness (QED) is 0.641. The first-order chi connectivity index (χ1) is 9.41. The van der Waals surface area contributed by atoms with Crippen LogP contribution in [0.15, 0.2) is 18.2 Å². The zero-order chi connectivity index (χ0) is 14.9. The number of benzene rings is 1. The molecule has 0 spiro atoms. The molecule has 0 bridgehead atoms. The van der Waals surface area contributed by atoms with Crippen molar-refractivity contribution in [2.75, 3.05) is 13.1 Å². The molecule has 20 heavy (non-hydrogen) atoms. The van der Waals surface area contributed by atoms with Crippen molar-refractivity contribution in [2.45, 2.75) is 19.9 Å². The number of amides is 2. The molecule has 1 aliphatic rings. The van der Waals surface area contributed by atoms with Crippen LogP contribution in [0, 0.1) is 17.0 Å². The molecule has 7 heteroatoms. The molecule has 2 rings (SSSR count). The van der Waals surface area contributed by atoms with E-state index in [1.54, 1.807) is 13.8 Å². The monoisotopic (exact) mass is 277 g/mol. The third-order valence-corrected chi connectivity index (χ3v) is 3.40. The Morgan fingerprint density at radius 3 is 2.80 bits per heavy atom. The standard InChI is InChI=1S/C13H15N3O4/c1-8-7-10(3-4-11(8)16(19)20)13(18)15-6-5-14-12(17)9(15)2/h3-4,7,9H,5-6H2,1-2H3,(H,14,17). The Hall–Kier alpha value is -2.44. The maximum atomic E-state index is 12.4. The predicted molar refractivity (Wildman–Crippen MR) is 71.3 cm³/mol. The lowest BCUT2D eigenvalue weighted by atomic mass is 10.1. The molecule has 0 saturated carbocycles. The summed E-state index contributed by atoms with van der Waals surface area (Å²) in [7, 11) is 0. The minimum atomic E-state index is -0.535. The molecular formula is C13H15N3O4. The van der Waals surface area contributed by atoms with Gasteiger partial charge in [0, 0.05) is 30.3 Å². The van der Waals surface area contributed by atoms with Crippen molar-refractivity contribution in [3.63, 3.8) is 0 Å². The zero-order valence-corrected chi connectivity index (χ0v) is 11.3. The molecule has 0 radical (unpaired) electrons. The van der Waals surface area contributed by atoms with Gasteiger partial charge in [-0.25, -0.2) is 0 Å². The van der Waals surface area contributed by atoms with Gasteiger partial charge in [0.1, 0.15) is 6.04 Å². The van der Waals surface area contributed by atoms with E-state index in [9.17, 15) is 19.7 Å². The first-order valence-corrected chi connectivity index (χ1v) is 6.25. The predicted octanol–water partition coefficient (Wildman–Crippen LogP) is 0.864. The number of nitro benzene ring substituents is 1. The van der Waals surface area contributed by atoms with E-state index in [1.165, 1.54) is 23.1 Å². The molecule has 1 atom stereocenters. The molecule has 106 valence electrons. The van der Waals surface area contributed by atoms with E-state index >= 15 is 0 Å². The number of aryl methyl sites for hydroxylation is 1. The molecule has 2 amide bonds. The molecule has 7 nitrogen and oxygen atoms in total. The van der Waals surface area contributed by atoms with Crippen LogP contribution in [0.3, 0.4) is 0 Å². The fourth-order valence-electron chi connectivity index (χ4n) is 2.22. The molecule has 1 heterocycles. The topological polar surface area (TPSA) is 92.6 Å². The number of nitro groups is 1. The van der Waals surface area contributed by atoms with Gasteiger partial charge in [0.25, 0.3) is 11.6 Å². The van der Waals surface area contributed by atoms with E-state index < -0.39 is 11.0 Å². The summed E-state index contributed by atoms with van der Waals surface area (Å²) in [6.07, 6.45) is 0. The molecule has 1 aromatic rings. The first kappa shape index (κ1) is 14.0. The van der Waals surface area contributed by atoms with Crippen LogP contribution in [0.2, 0.25) is 0 Å². The van der Waals surface area contributed by atoms with Gasteiger partial charge in [-0.3, -0.25) is 19.7 Å². The molecule has 1 N–H and O–H groups in total. The Bertz CT molecular complexity index is 585. The van der Waals surface area contributed by atoms with Gasteiger partial charge in [0.2, 0.25) is 5.91 Å². The molecule has 0 aliphatic carbocycles. The second kappa shape index (κ2) is 5.28. The zero-order valence-electron chi connectivity index (χ0n) is 11.3. The summed E-state index contributed by atoms with van der Waals surface area (Å²) in [5.74, 6) is -0.478. The maximum Gasteiger partial charge on any atom is 0.272 e. The first-order valence-electron chi connectivity index (χ1n) is 6.25. The van der Waals surface area contributed by atoms with Crippen LogP contribution in [0.5, 0.6) is 0 Å². The summed E-state index contributed by atoms with van der Waals surface area (Å²) in [4.78, 5) is 35.7. The Balaban J connectivity index is 2.27. The van der Waals surface area contributed by atoms with Crippen LogP contribution < -0.4 is 5.32 Å². The third kappa shape index (κ3) is 2.47. The third-order valence-electron chi connectivity index (χ3n) is 3.40. The van der Waals surface area contributed by atoms with Crippen molar-refractivity contribution in [3.8, 4) is 0 Å². The fourth-order valence-corrected chi connectivity index (χ4v) is 2.22. The maximum absolute atomic E-state index is 12.4. The van der Waals surface area contributed by atoms with Crippen molar-refractivity contribution in [3.05, 3.63) is 39.4 Å². The van der Waals surface area contributed by atoms with Crippen LogP contribution in [0.4, 0.5) is 5.69 Å². The number of hydrogen-bond donors (Lipinski definition) is 1. The van der Waals surface area contributed by atoms with Crippen LogP contribution in [-0.2, 0) is 4.79 Å². The van der Waals surface area contributed by atoms with Gasteiger partial charge in [0.15, 0.2) is 0 Å². The summed E-state index contributed by atoms with van der Waals surface area (Å²) < 4.78 is 0. The van der Waals surface area contributed by atoms with Crippen molar-refractivity contribution in [1.82, 2.24) is 10.2 Å². The molecule has 1 aliphatic heterocycles. The van der Waals surface area contributed by atoms with Gasteiger partial charge in [-0.05, 0) is 26.0 Å². The van der Waals surface area contributed by atoms with Gasteiger partial charge in [0.05, 0.1) is 4.92 Å². The van der Waals surface area contributed by atoms with E-state index in [1.807, 2.05) is 0 Å². The molecule has 1 aromatic carbocycles. The van der Waals surface area contributed by atoms with Crippen molar-refractivity contribution < 1.29 is 14.5 Å². The highest BCUT2D eigenvalue weighted by Crippen LogP contribution is 2.20. The van der Waals surface area contributed by atoms with Gasteiger partial charge >= 0.3 is 0 Å². The van der Waals surface area contributed by atoms with Gasteiger partial charge in [-0.15, -0.1) is 0 Å². The van der Waals surface area contributed by atoms with E-state index in [0.29, 0.717) is 24.2 Å². The molecule has 1 saturated heterocycles. The smallest absolute Gasteiger partial charge is 0.272 e. The van der Waals surface area contributed by atoms with Crippen molar-refractivity contribution in [1.29, 1.82) is 0 Å². The lowest BCUT2D eigenvalue weighted by Crippen LogP contribution is -2.55. The highest BCUT2D eigenvalue weighted by Gasteiger charge is 2.30. The van der Waals surface area contributed by atoms with Gasteiger partial charge in [-0.2, -0.15) is 0 Å². The Kier molecular flexibility index (Phi) is 3.69. The second-order valence-electron chi connectivity index (χ2n) is 4.72. The molecule has 1 fully saturated rings. The molecule has 0 aromatic heterocycles. The lowest BCUT2D eigenvalue weighted by molar-refractivity contribution is -0.385. The minimum absolute atomic E-state index is 0.0222. The van der Waals surface area contributed by atoms with E-state index in [4.69, 9.17) is 0 Å². The normalized spacial score (nSPS) is 18.6. The number of carbonyl (C=O) groups is 2. The number of rotatable bonds is 2. The van der Waals surface area contributed by atoms with E-state index in [2.05, 4.69) is 5.32 Å².